The van der Waals surface area contributed by atoms with E-state index in [-0.39, 0.29) is 23.5 Å². The monoisotopic (exact) mass is 283 g/mol. The van der Waals surface area contributed by atoms with Crippen molar-refractivity contribution >= 4 is 5.82 Å². The van der Waals surface area contributed by atoms with Crippen molar-refractivity contribution in [2.45, 2.75) is 45.3 Å². The van der Waals surface area contributed by atoms with Crippen molar-refractivity contribution in [3.05, 3.63) is 22.7 Å². The van der Waals surface area contributed by atoms with Gasteiger partial charge >= 0.3 is 0 Å². The third-order valence-electron chi connectivity index (χ3n) is 3.04. The van der Waals surface area contributed by atoms with Crippen LogP contribution in [0.4, 0.5) is 5.82 Å². The van der Waals surface area contributed by atoms with Crippen LogP contribution in [0.5, 0.6) is 0 Å². The van der Waals surface area contributed by atoms with Crippen LogP contribution in [0.15, 0.2) is 17.2 Å². The Labute approximate surface area is 119 Å². The summed E-state index contributed by atoms with van der Waals surface area (Å²) in [7, 11) is 1.59. The molecule has 1 atom stereocenters. The van der Waals surface area contributed by atoms with Crippen LogP contribution < -0.4 is 10.9 Å². The molecule has 0 fully saturated rings. The molecule has 1 rings (SSSR count). The molecule has 0 aliphatic heterocycles. The van der Waals surface area contributed by atoms with Crippen LogP contribution in [0.25, 0.3) is 0 Å². The molecule has 0 radical (unpaired) electrons. The molecule has 1 unspecified atom stereocenters. The van der Waals surface area contributed by atoms with Gasteiger partial charge in [-0.1, -0.05) is 0 Å². The average molecular weight is 283 g/mol. The zero-order chi connectivity index (χ0) is 15.4. The summed E-state index contributed by atoms with van der Waals surface area (Å²) in [6, 6.07) is 0. The van der Waals surface area contributed by atoms with Crippen molar-refractivity contribution < 1.29 is 9.84 Å². The largest absolute Gasteiger partial charge is 0.388 e. The van der Waals surface area contributed by atoms with E-state index in [1.165, 1.54) is 0 Å². The first kappa shape index (κ1) is 16.7. The topological polar surface area (TPSA) is 76.4 Å². The van der Waals surface area contributed by atoms with Gasteiger partial charge in [0.15, 0.2) is 5.82 Å². The van der Waals surface area contributed by atoms with Gasteiger partial charge in [0.05, 0.1) is 5.60 Å². The predicted molar refractivity (Wildman–Crippen MR) is 79.1 cm³/mol. The Morgan fingerprint density at radius 3 is 2.60 bits per heavy atom. The van der Waals surface area contributed by atoms with Crippen molar-refractivity contribution in [2.75, 3.05) is 25.6 Å². The van der Waals surface area contributed by atoms with Crippen LogP contribution in [0.1, 0.15) is 34.1 Å². The molecule has 20 heavy (non-hydrogen) atoms. The molecule has 0 aliphatic rings. The van der Waals surface area contributed by atoms with E-state index in [2.05, 4.69) is 10.3 Å². The Hall–Kier alpha value is -1.40. The summed E-state index contributed by atoms with van der Waals surface area (Å²) in [5.41, 5.74) is -1.45. The van der Waals surface area contributed by atoms with Gasteiger partial charge in [0.25, 0.3) is 5.56 Å². The van der Waals surface area contributed by atoms with Gasteiger partial charge < -0.3 is 19.7 Å². The number of methoxy groups -OCH3 is 1. The number of nitrogens with one attached hydrogen (secondary N) is 1. The molecule has 0 bridgehead atoms. The highest BCUT2D eigenvalue weighted by Gasteiger charge is 2.22. The van der Waals surface area contributed by atoms with Crippen molar-refractivity contribution in [3.63, 3.8) is 0 Å². The summed E-state index contributed by atoms with van der Waals surface area (Å²) < 4.78 is 6.57. The first-order valence-corrected chi connectivity index (χ1v) is 6.71. The number of ether oxygens (including phenoxy) is 1. The second-order valence-electron chi connectivity index (χ2n) is 6.22. The van der Waals surface area contributed by atoms with Crippen molar-refractivity contribution in [1.82, 2.24) is 9.55 Å². The fourth-order valence-corrected chi connectivity index (χ4v) is 1.75. The van der Waals surface area contributed by atoms with Crippen molar-refractivity contribution in [2.24, 2.45) is 0 Å². The maximum Gasteiger partial charge on any atom is 0.293 e. The van der Waals surface area contributed by atoms with E-state index in [1.54, 1.807) is 31.0 Å². The summed E-state index contributed by atoms with van der Waals surface area (Å²) in [5.74, 6) is 0.250. The summed E-state index contributed by atoms with van der Waals surface area (Å²) in [6.07, 6.45) is 3.73. The zero-order valence-corrected chi connectivity index (χ0v) is 12.9. The van der Waals surface area contributed by atoms with Gasteiger partial charge in [-0.25, -0.2) is 4.98 Å². The second kappa shape index (κ2) is 6.37. The zero-order valence-electron chi connectivity index (χ0n) is 12.9. The van der Waals surface area contributed by atoms with Crippen LogP contribution in [0.2, 0.25) is 0 Å². The summed E-state index contributed by atoms with van der Waals surface area (Å²) in [5, 5.41) is 13.1. The van der Waals surface area contributed by atoms with E-state index in [1.807, 2.05) is 20.8 Å². The number of aromatic nitrogens is 2. The maximum atomic E-state index is 12.3. The number of aliphatic hydroxyl groups is 1. The third-order valence-corrected chi connectivity index (χ3v) is 3.04. The minimum absolute atomic E-state index is 0.192. The molecule has 0 aromatic carbocycles. The van der Waals surface area contributed by atoms with E-state index < -0.39 is 5.60 Å². The normalized spacial score (nSPS) is 14.9. The Morgan fingerprint density at radius 1 is 1.40 bits per heavy atom. The average Bonchev–Trinajstić information content (AvgIpc) is 2.34. The quantitative estimate of drug-likeness (QED) is 0.820. The summed E-state index contributed by atoms with van der Waals surface area (Å²) >= 11 is 0. The van der Waals surface area contributed by atoms with Crippen LogP contribution in [-0.4, -0.2) is 40.5 Å². The highest BCUT2D eigenvalue weighted by atomic mass is 16.5. The van der Waals surface area contributed by atoms with Crippen molar-refractivity contribution in [3.8, 4) is 0 Å². The lowest BCUT2D eigenvalue weighted by atomic mass is 10.0. The highest BCUT2D eigenvalue weighted by molar-refractivity contribution is 5.31. The first-order valence-electron chi connectivity index (χ1n) is 6.71. The van der Waals surface area contributed by atoms with E-state index in [4.69, 9.17) is 4.74 Å². The number of anilines is 1. The van der Waals surface area contributed by atoms with E-state index in [0.29, 0.717) is 13.0 Å². The minimum Gasteiger partial charge on any atom is -0.388 e. The van der Waals surface area contributed by atoms with E-state index in [0.717, 1.165) is 0 Å². The molecule has 6 heteroatoms. The van der Waals surface area contributed by atoms with Crippen LogP contribution >= 0.6 is 0 Å². The second-order valence-corrected chi connectivity index (χ2v) is 6.22. The van der Waals surface area contributed by atoms with Gasteiger partial charge in [-0.3, -0.25) is 4.79 Å². The van der Waals surface area contributed by atoms with Gasteiger partial charge in [-0.05, 0) is 27.7 Å². The minimum atomic E-state index is -0.952. The molecule has 0 spiro atoms. The van der Waals surface area contributed by atoms with E-state index >= 15 is 0 Å². The van der Waals surface area contributed by atoms with Crippen LogP contribution in [0, 0.1) is 0 Å². The number of rotatable bonds is 6. The molecule has 0 aliphatic carbocycles. The predicted octanol–water partition coefficient (Wildman–Crippen LogP) is 1.20. The molecule has 1 aromatic rings. The Bertz CT molecular complexity index is 489. The van der Waals surface area contributed by atoms with Gasteiger partial charge in [0.1, 0.15) is 0 Å². The lowest BCUT2D eigenvalue weighted by Crippen LogP contribution is -2.39. The lowest BCUT2D eigenvalue weighted by Gasteiger charge is -2.25. The molecule has 0 saturated heterocycles. The van der Waals surface area contributed by atoms with Crippen molar-refractivity contribution in [1.29, 1.82) is 0 Å². The fourth-order valence-electron chi connectivity index (χ4n) is 1.75. The molecule has 6 nitrogen and oxygen atoms in total. The maximum absolute atomic E-state index is 12.3. The number of hydrogen-bond donors (Lipinski definition) is 2. The lowest BCUT2D eigenvalue weighted by molar-refractivity contribution is 0.0356. The van der Waals surface area contributed by atoms with Gasteiger partial charge in [0.2, 0.25) is 0 Å². The fraction of sp³-hybridized carbons (Fsp3) is 0.714. The molecular formula is C14H25N3O3. The van der Waals surface area contributed by atoms with Gasteiger partial charge in [0, 0.05) is 44.6 Å². The van der Waals surface area contributed by atoms with Gasteiger partial charge in [-0.15, -0.1) is 0 Å². The Morgan fingerprint density at radius 2 is 2.05 bits per heavy atom. The SMILES string of the molecule is COCCC(C)(O)CNc1nccn(C(C)(C)C)c1=O. The molecule has 2 N–H and O–H groups in total. The Balaban J connectivity index is 2.82. The number of nitrogens with zero attached hydrogens (tertiary/aromatic N) is 2. The van der Waals surface area contributed by atoms with Crippen LogP contribution in [0.3, 0.4) is 0 Å². The molecular weight excluding hydrogens is 258 g/mol. The standard InChI is InChI=1S/C14H25N3O3/c1-13(2,3)17-8-7-15-11(12(17)18)16-10-14(4,19)6-9-20-5/h7-8,19H,6,9-10H2,1-5H3,(H,15,16). The smallest absolute Gasteiger partial charge is 0.293 e. The summed E-state index contributed by atoms with van der Waals surface area (Å²) in [4.78, 5) is 16.3. The molecule has 0 amide bonds. The molecule has 1 aromatic heterocycles. The number of hydrogen-bond acceptors (Lipinski definition) is 5. The first-order chi connectivity index (χ1) is 9.17. The third kappa shape index (κ3) is 4.61. The highest BCUT2D eigenvalue weighted by Crippen LogP contribution is 2.12. The van der Waals surface area contributed by atoms with E-state index in [9.17, 15) is 9.90 Å². The summed E-state index contributed by atoms with van der Waals surface area (Å²) in [6.45, 7) is 8.26. The van der Waals surface area contributed by atoms with Crippen LogP contribution in [-0.2, 0) is 10.3 Å². The van der Waals surface area contributed by atoms with Gasteiger partial charge in [-0.2, -0.15) is 0 Å². The Kier molecular flexibility index (Phi) is 5.30. The molecule has 1 heterocycles. The molecule has 0 saturated carbocycles. The molecule has 114 valence electrons.